The minimum atomic E-state index is -0.220. The van der Waals surface area contributed by atoms with E-state index in [1.165, 1.54) is 31.4 Å². The van der Waals surface area contributed by atoms with Crippen LogP contribution in [-0.2, 0) is 0 Å². The Morgan fingerprint density at radius 1 is 1.00 bits per heavy atom. The highest BCUT2D eigenvalue weighted by molar-refractivity contribution is 5.93. The number of rotatable bonds is 4. The highest BCUT2D eigenvalue weighted by Crippen LogP contribution is 2.21. The molecule has 0 spiro atoms. The van der Waals surface area contributed by atoms with Gasteiger partial charge in [0.05, 0.1) is 0 Å². The van der Waals surface area contributed by atoms with Crippen LogP contribution in [0, 0.1) is 12.7 Å². The monoisotopic (exact) mass is 397 g/mol. The fraction of sp³-hybridized carbons (Fsp3) is 0.500. The molecular formula is C22H28FN5O. The molecule has 1 saturated heterocycles. The third kappa shape index (κ3) is 4.83. The van der Waals surface area contributed by atoms with Crippen molar-refractivity contribution in [3.05, 3.63) is 47.7 Å². The molecule has 1 aliphatic carbocycles. The van der Waals surface area contributed by atoms with Gasteiger partial charge in [-0.15, -0.1) is 0 Å². The molecule has 2 fully saturated rings. The average molecular weight is 397 g/mol. The summed E-state index contributed by atoms with van der Waals surface area (Å²) in [7, 11) is 0. The van der Waals surface area contributed by atoms with Crippen LogP contribution in [-0.4, -0.2) is 48.1 Å². The van der Waals surface area contributed by atoms with Crippen LogP contribution in [0.3, 0.4) is 0 Å². The Morgan fingerprint density at radius 3 is 2.34 bits per heavy atom. The number of aromatic nitrogens is 2. The van der Waals surface area contributed by atoms with Gasteiger partial charge in [-0.2, -0.15) is 0 Å². The topological polar surface area (TPSA) is 61.4 Å². The van der Waals surface area contributed by atoms with Gasteiger partial charge >= 0.3 is 0 Å². The molecule has 2 aromatic rings. The number of aryl methyl sites for hydroxylation is 1. The zero-order valence-corrected chi connectivity index (χ0v) is 16.9. The summed E-state index contributed by atoms with van der Waals surface area (Å²) >= 11 is 0. The van der Waals surface area contributed by atoms with Crippen molar-refractivity contribution in [2.45, 2.75) is 45.1 Å². The Morgan fingerprint density at radius 2 is 1.66 bits per heavy atom. The van der Waals surface area contributed by atoms with Gasteiger partial charge in [0.2, 0.25) is 0 Å². The summed E-state index contributed by atoms with van der Waals surface area (Å²) in [6.45, 7) is 5.04. The van der Waals surface area contributed by atoms with E-state index in [0.29, 0.717) is 11.5 Å². The summed E-state index contributed by atoms with van der Waals surface area (Å²) in [4.78, 5) is 26.1. The fourth-order valence-corrected chi connectivity index (χ4v) is 4.18. The molecule has 1 amide bonds. The average Bonchev–Trinajstić information content (AvgIpc) is 2.75. The largest absolute Gasteiger partial charge is 0.368 e. The van der Waals surface area contributed by atoms with Crippen LogP contribution in [0.1, 0.15) is 48.4 Å². The number of nitrogens with zero attached hydrogens (tertiary/aromatic N) is 4. The van der Waals surface area contributed by atoms with Gasteiger partial charge in [-0.1, -0.05) is 19.3 Å². The summed E-state index contributed by atoms with van der Waals surface area (Å²) in [6.07, 6.45) is 5.71. The molecule has 1 N–H and O–H groups in total. The predicted octanol–water partition coefficient (Wildman–Crippen LogP) is 3.31. The Hall–Kier alpha value is -2.70. The molecule has 6 nitrogen and oxygen atoms in total. The lowest BCUT2D eigenvalue weighted by molar-refractivity contribution is 0.0922. The van der Waals surface area contributed by atoms with Gasteiger partial charge in [-0.3, -0.25) is 4.79 Å². The lowest BCUT2D eigenvalue weighted by atomic mass is 9.95. The number of benzene rings is 1. The van der Waals surface area contributed by atoms with E-state index in [-0.39, 0.29) is 17.8 Å². The molecule has 0 unspecified atom stereocenters. The van der Waals surface area contributed by atoms with Crippen molar-refractivity contribution >= 4 is 17.4 Å². The number of anilines is 2. The summed E-state index contributed by atoms with van der Waals surface area (Å²) in [5.74, 6) is 1.08. The second-order valence-electron chi connectivity index (χ2n) is 7.92. The minimum Gasteiger partial charge on any atom is -0.368 e. The van der Waals surface area contributed by atoms with Crippen LogP contribution in [0.2, 0.25) is 0 Å². The molecule has 4 rings (SSSR count). The van der Waals surface area contributed by atoms with Crippen LogP contribution in [0.5, 0.6) is 0 Å². The highest BCUT2D eigenvalue weighted by atomic mass is 19.1. The molecule has 1 saturated carbocycles. The first-order valence-corrected chi connectivity index (χ1v) is 10.5. The second-order valence-corrected chi connectivity index (χ2v) is 7.92. The Bertz CT molecular complexity index is 843. The summed E-state index contributed by atoms with van der Waals surface area (Å²) in [5, 5.41) is 3.14. The number of piperazine rings is 1. The van der Waals surface area contributed by atoms with Crippen molar-refractivity contribution in [1.82, 2.24) is 15.3 Å². The molecule has 154 valence electrons. The third-order valence-corrected chi connectivity index (χ3v) is 5.79. The number of hydrogen-bond acceptors (Lipinski definition) is 5. The standard InChI is InChI=1S/C22H28FN5O/c1-16-24-20(22(29)26-18-5-3-2-4-6-18)15-21(25-16)28-13-11-27(12-14-28)19-9-7-17(23)8-10-19/h7-10,15,18H,2-6,11-14H2,1H3,(H,26,29). The molecule has 1 aromatic carbocycles. The van der Waals surface area contributed by atoms with Gasteiger partial charge in [-0.25, -0.2) is 14.4 Å². The van der Waals surface area contributed by atoms with Gasteiger partial charge in [0.25, 0.3) is 5.91 Å². The van der Waals surface area contributed by atoms with Crippen LogP contribution >= 0.6 is 0 Å². The van der Waals surface area contributed by atoms with Crippen LogP contribution < -0.4 is 15.1 Å². The molecule has 29 heavy (non-hydrogen) atoms. The maximum atomic E-state index is 13.2. The number of carbonyl (C=O) groups excluding carboxylic acids is 1. The quantitative estimate of drug-likeness (QED) is 0.858. The second kappa shape index (κ2) is 8.76. The molecular weight excluding hydrogens is 369 g/mol. The number of halogens is 1. The van der Waals surface area contributed by atoms with Gasteiger partial charge < -0.3 is 15.1 Å². The Kier molecular flexibility index (Phi) is 5.92. The molecule has 2 aliphatic rings. The third-order valence-electron chi connectivity index (χ3n) is 5.79. The first-order valence-electron chi connectivity index (χ1n) is 10.5. The van der Waals surface area contributed by atoms with Gasteiger partial charge in [0.1, 0.15) is 23.2 Å². The van der Waals surface area contributed by atoms with Crippen LogP contribution in [0.15, 0.2) is 30.3 Å². The molecule has 0 radical (unpaired) electrons. The smallest absolute Gasteiger partial charge is 0.270 e. The van der Waals surface area contributed by atoms with Gasteiger partial charge in [0, 0.05) is 44.0 Å². The minimum absolute atomic E-state index is 0.103. The zero-order valence-electron chi connectivity index (χ0n) is 16.9. The van der Waals surface area contributed by atoms with Crippen molar-refractivity contribution in [3.63, 3.8) is 0 Å². The number of nitrogens with one attached hydrogen (secondary N) is 1. The lowest BCUT2D eigenvalue weighted by Gasteiger charge is -2.36. The lowest BCUT2D eigenvalue weighted by Crippen LogP contribution is -2.47. The number of carbonyl (C=O) groups is 1. The number of hydrogen-bond donors (Lipinski definition) is 1. The van der Waals surface area contributed by atoms with Crippen LogP contribution in [0.25, 0.3) is 0 Å². The van der Waals surface area contributed by atoms with E-state index in [9.17, 15) is 9.18 Å². The van der Waals surface area contributed by atoms with E-state index >= 15 is 0 Å². The van der Waals surface area contributed by atoms with E-state index < -0.39 is 0 Å². The van der Waals surface area contributed by atoms with E-state index in [0.717, 1.165) is 50.5 Å². The Labute approximate surface area is 171 Å². The highest BCUT2D eigenvalue weighted by Gasteiger charge is 2.22. The van der Waals surface area contributed by atoms with Crippen molar-refractivity contribution in [2.75, 3.05) is 36.0 Å². The number of amides is 1. The normalized spacial score (nSPS) is 18.0. The van der Waals surface area contributed by atoms with Crippen molar-refractivity contribution in [3.8, 4) is 0 Å². The molecule has 0 atom stereocenters. The van der Waals surface area contributed by atoms with Gasteiger partial charge in [0.15, 0.2) is 0 Å². The fourth-order valence-electron chi connectivity index (χ4n) is 4.18. The SMILES string of the molecule is Cc1nc(C(=O)NC2CCCCC2)cc(N2CCN(c3ccc(F)cc3)CC2)n1. The maximum absolute atomic E-state index is 13.2. The predicted molar refractivity (Wildman–Crippen MR) is 112 cm³/mol. The maximum Gasteiger partial charge on any atom is 0.270 e. The van der Waals surface area contributed by atoms with Crippen LogP contribution in [0.4, 0.5) is 15.9 Å². The van der Waals surface area contributed by atoms with E-state index in [1.54, 1.807) is 6.07 Å². The molecule has 2 heterocycles. The van der Waals surface area contributed by atoms with Crippen molar-refractivity contribution in [1.29, 1.82) is 0 Å². The molecule has 1 aromatic heterocycles. The summed E-state index contributed by atoms with van der Waals surface area (Å²) < 4.78 is 13.2. The molecule has 0 bridgehead atoms. The molecule has 1 aliphatic heterocycles. The molecule has 7 heteroatoms. The van der Waals surface area contributed by atoms with Crippen molar-refractivity contribution in [2.24, 2.45) is 0 Å². The summed E-state index contributed by atoms with van der Waals surface area (Å²) in [5.41, 5.74) is 1.47. The first-order chi connectivity index (χ1) is 14.1. The first kappa shape index (κ1) is 19.6. The van der Waals surface area contributed by atoms with E-state index in [2.05, 4.69) is 25.1 Å². The zero-order chi connectivity index (χ0) is 20.2. The van der Waals surface area contributed by atoms with E-state index in [4.69, 9.17) is 0 Å². The van der Waals surface area contributed by atoms with E-state index in [1.807, 2.05) is 19.1 Å². The summed E-state index contributed by atoms with van der Waals surface area (Å²) in [6, 6.07) is 8.67. The van der Waals surface area contributed by atoms with Gasteiger partial charge in [-0.05, 0) is 44.0 Å². The Balaban J connectivity index is 1.41. The van der Waals surface area contributed by atoms with Crippen molar-refractivity contribution < 1.29 is 9.18 Å².